The second kappa shape index (κ2) is 22.0. The van der Waals surface area contributed by atoms with Gasteiger partial charge in [0.05, 0.1) is 0 Å². The topological polar surface area (TPSA) is 68.3 Å². The zero-order valence-electron chi connectivity index (χ0n) is 16.0. The molecule has 0 unspecified atom stereocenters. The van der Waals surface area contributed by atoms with Crippen LogP contribution in [0.5, 0.6) is 0 Å². The van der Waals surface area contributed by atoms with Crippen LogP contribution < -0.4 is 0 Å². The highest BCUT2D eigenvalue weighted by molar-refractivity contribution is 5.75. The first kappa shape index (κ1) is 28.8. The summed E-state index contributed by atoms with van der Waals surface area (Å²) >= 11 is 0. The standard InChI is InChI=1S/C6H12O.C5H10O.C4H8O.C3H6O/c1-5(2)4-6(3)7;1-3-4-5(2)6;1-3-4(2)5;1-3(2)4/h5H,4H2,1-3H3;3-4H2,1-2H3;3H2,1-2H3;1-2H3. The Morgan fingerprint density at radius 2 is 1.05 bits per heavy atom. The fourth-order valence-electron chi connectivity index (χ4n) is 0.927. The van der Waals surface area contributed by atoms with Gasteiger partial charge in [-0.2, -0.15) is 0 Å². The van der Waals surface area contributed by atoms with Gasteiger partial charge < -0.3 is 19.2 Å². The Labute approximate surface area is 137 Å². The van der Waals surface area contributed by atoms with Crippen LogP contribution in [0.1, 0.15) is 88.0 Å². The van der Waals surface area contributed by atoms with E-state index in [0.29, 0.717) is 12.3 Å². The number of rotatable bonds is 5. The van der Waals surface area contributed by atoms with E-state index >= 15 is 0 Å². The molecular formula is C18H36O4. The molecule has 0 saturated carbocycles. The minimum atomic E-state index is 0.167. The van der Waals surface area contributed by atoms with Gasteiger partial charge in [0.15, 0.2) is 0 Å². The molecule has 0 aromatic rings. The van der Waals surface area contributed by atoms with E-state index in [1.54, 1.807) is 20.8 Å². The van der Waals surface area contributed by atoms with Gasteiger partial charge in [-0.15, -0.1) is 0 Å². The van der Waals surface area contributed by atoms with Crippen LogP contribution in [0, 0.1) is 5.92 Å². The van der Waals surface area contributed by atoms with Crippen LogP contribution >= 0.6 is 0 Å². The van der Waals surface area contributed by atoms with Crippen LogP contribution in [0.2, 0.25) is 0 Å². The second-order valence-corrected chi connectivity index (χ2v) is 5.72. The van der Waals surface area contributed by atoms with Gasteiger partial charge >= 0.3 is 0 Å². The Morgan fingerprint density at radius 3 is 1.05 bits per heavy atom. The summed E-state index contributed by atoms with van der Waals surface area (Å²) in [6.45, 7) is 15.8. The molecule has 0 aromatic carbocycles. The molecule has 0 rings (SSSR count). The Bertz CT molecular complexity index is 300. The SMILES string of the molecule is CC(=O)CC(C)C.CC(C)=O.CCC(C)=O.CCCC(C)=O. The van der Waals surface area contributed by atoms with Crippen molar-refractivity contribution in [3.8, 4) is 0 Å². The molecule has 0 heterocycles. The smallest absolute Gasteiger partial charge is 0.130 e. The predicted octanol–water partition coefficient (Wildman–Crippen LogP) is 4.58. The van der Waals surface area contributed by atoms with Crippen LogP contribution in [0.4, 0.5) is 0 Å². The van der Waals surface area contributed by atoms with E-state index < -0.39 is 0 Å². The molecule has 0 aliphatic carbocycles. The van der Waals surface area contributed by atoms with Gasteiger partial charge in [-0.05, 0) is 47.0 Å². The van der Waals surface area contributed by atoms with Gasteiger partial charge in [0, 0.05) is 19.3 Å². The molecule has 0 fully saturated rings. The fourth-order valence-corrected chi connectivity index (χ4v) is 0.927. The predicted molar refractivity (Wildman–Crippen MR) is 93.1 cm³/mol. The first-order chi connectivity index (χ1) is 9.90. The lowest BCUT2D eigenvalue weighted by atomic mass is 10.1. The number of hydrogen-bond donors (Lipinski definition) is 0. The highest BCUT2D eigenvalue weighted by Crippen LogP contribution is 1.97. The van der Waals surface area contributed by atoms with Crippen molar-refractivity contribution in [2.24, 2.45) is 5.92 Å². The third-order valence-corrected chi connectivity index (χ3v) is 1.80. The van der Waals surface area contributed by atoms with Gasteiger partial charge in [0.1, 0.15) is 23.1 Å². The maximum absolute atomic E-state index is 10.3. The third-order valence-electron chi connectivity index (χ3n) is 1.80. The quantitative estimate of drug-likeness (QED) is 0.744. The van der Waals surface area contributed by atoms with E-state index in [1.807, 2.05) is 27.7 Å². The minimum absolute atomic E-state index is 0.167. The van der Waals surface area contributed by atoms with Gasteiger partial charge in [-0.3, -0.25) is 0 Å². The zero-order chi connectivity index (χ0) is 18.7. The summed E-state index contributed by atoms with van der Waals surface area (Å²) in [5.74, 6) is 1.52. The highest BCUT2D eigenvalue weighted by atomic mass is 16.1. The Balaban J connectivity index is -0.000000100. The first-order valence-corrected chi connectivity index (χ1v) is 7.85. The summed E-state index contributed by atoms with van der Waals surface area (Å²) < 4.78 is 0. The lowest BCUT2D eigenvalue weighted by Crippen LogP contribution is -1.95. The fraction of sp³-hybridized carbons (Fsp3) is 0.778. The average Bonchev–Trinajstić information content (AvgIpc) is 2.27. The molecule has 0 amide bonds. The number of hydrogen-bond acceptors (Lipinski definition) is 4. The molecule has 0 saturated heterocycles. The molecule has 0 bridgehead atoms. The molecule has 0 aliphatic rings. The molecule has 0 aliphatic heterocycles. The Kier molecular flexibility index (Phi) is 28.7. The molecule has 0 N–H and O–H groups in total. The van der Waals surface area contributed by atoms with Crippen molar-refractivity contribution in [2.45, 2.75) is 88.0 Å². The van der Waals surface area contributed by atoms with Crippen molar-refractivity contribution in [1.29, 1.82) is 0 Å². The van der Waals surface area contributed by atoms with E-state index in [-0.39, 0.29) is 23.1 Å². The minimum Gasteiger partial charge on any atom is -0.300 e. The molecule has 0 aromatic heterocycles. The van der Waals surface area contributed by atoms with Crippen LogP contribution in [-0.2, 0) is 19.2 Å². The monoisotopic (exact) mass is 316 g/mol. The van der Waals surface area contributed by atoms with Gasteiger partial charge in [0.25, 0.3) is 0 Å². The van der Waals surface area contributed by atoms with E-state index in [4.69, 9.17) is 0 Å². The van der Waals surface area contributed by atoms with Crippen molar-refractivity contribution in [3.63, 3.8) is 0 Å². The zero-order valence-corrected chi connectivity index (χ0v) is 16.0. The average molecular weight is 316 g/mol. The Hall–Kier alpha value is -1.32. The molecule has 0 spiro atoms. The largest absolute Gasteiger partial charge is 0.300 e. The van der Waals surface area contributed by atoms with Crippen LogP contribution in [0.25, 0.3) is 0 Å². The molecular weight excluding hydrogens is 280 g/mol. The first-order valence-electron chi connectivity index (χ1n) is 7.85. The van der Waals surface area contributed by atoms with E-state index in [0.717, 1.165) is 19.3 Å². The van der Waals surface area contributed by atoms with Crippen LogP contribution in [0.15, 0.2) is 0 Å². The van der Waals surface area contributed by atoms with Crippen LogP contribution in [0.3, 0.4) is 0 Å². The van der Waals surface area contributed by atoms with Crippen LogP contribution in [-0.4, -0.2) is 23.1 Å². The second-order valence-electron chi connectivity index (χ2n) is 5.72. The number of ketones is 4. The molecule has 0 radical (unpaired) electrons. The summed E-state index contributed by atoms with van der Waals surface area (Å²) in [7, 11) is 0. The summed E-state index contributed by atoms with van der Waals surface area (Å²) in [5, 5.41) is 0. The normalized spacial score (nSPS) is 8.27. The maximum atomic E-state index is 10.3. The third kappa shape index (κ3) is 99.0. The number of carbonyl (C=O) groups is 4. The Morgan fingerprint density at radius 1 is 0.727 bits per heavy atom. The van der Waals surface area contributed by atoms with Gasteiger partial charge in [0.2, 0.25) is 0 Å². The van der Waals surface area contributed by atoms with Gasteiger partial charge in [-0.1, -0.05) is 27.7 Å². The molecule has 0 atom stereocenters. The van der Waals surface area contributed by atoms with E-state index in [2.05, 4.69) is 0 Å². The van der Waals surface area contributed by atoms with Crippen molar-refractivity contribution >= 4 is 23.1 Å². The summed E-state index contributed by atoms with van der Waals surface area (Å²) in [6.07, 6.45) is 3.11. The van der Waals surface area contributed by atoms with E-state index in [9.17, 15) is 19.2 Å². The molecule has 132 valence electrons. The summed E-state index contributed by atoms with van der Waals surface area (Å²) in [5.41, 5.74) is 0. The maximum Gasteiger partial charge on any atom is 0.130 e. The molecule has 4 nitrogen and oxygen atoms in total. The number of carbonyl (C=O) groups excluding carboxylic acids is 4. The van der Waals surface area contributed by atoms with E-state index in [1.165, 1.54) is 13.8 Å². The summed E-state index contributed by atoms with van der Waals surface area (Å²) in [4.78, 5) is 39.6. The highest BCUT2D eigenvalue weighted by Gasteiger charge is 1.95. The lowest BCUT2D eigenvalue weighted by Gasteiger charge is -1.95. The van der Waals surface area contributed by atoms with Crippen molar-refractivity contribution in [1.82, 2.24) is 0 Å². The molecule has 4 heteroatoms. The van der Waals surface area contributed by atoms with Gasteiger partial charge in [-0.25, -0.2) is 0 Å². The van der Waals surface area contributed by atoms with Crippen molar-refractivity contribution in [3.05, 3.63) is 0 Å². The molecule has 22 heavy (non-hydrogen) atoms. The van der Waals surface area contributed by atoms with Crippen molar-refractivity contribution < 1.29 is 19.2 Å². The summed E-state index contributed by atoms with van der Waals surface area (Å²) in [6, 6.07) is 0. The van der Waals surface area contributed by atoms with Crippen molar-refractivity contribution in [2.75, 3.05) is 0 Å². The number of Topliss-reactive ketones (excluding diaryl/α,β-unsaturated/α-hetero) is 4. The lowest BCUT2D eigenvalue weighted by molar-refractivity contribution is -0.118.